The molecule has 0 aromatic heterocycles. The van der Waals surface area contributed by atoms with Gasteiger partial charge in [-0.05, 0) is 0 Å². The molecule has 1 N–H and O–H groups in total. The Morgan fingerprint density at radius 1 is 1.86 bits per heavy atom. The van der Waals surface area contributed by atoms with Crippen molar-refractivity contribution in [3.05, 3.63) is 12.5 Å². The van der Waals surface area contributed by atoms with Crippen LogP contribution in [0.2, 0.25) is 0 Å². The molecule has 0 aliphatic carbocycles. The molecule has 0 saturated heterocycles. The standard InChI is InChI=1S/C3H4N2O2/c6-3-5-1-2-7-4-5/h1-4H. The summed E-state index contributed by atoms with van der Waals surface area (Å²) in [5.74, 6) is 0. The molecule has 0 bridgehead atoms. The lowest BCUT2D eigenvalue weighted by atomic mass is 10.9. The number of carbonyl (C=O) groups is 1. The van der Waals surface area contributed by atoms with E-state index in [4.69, 9.17) is 0 Å². The van der Waals surface area contributed by atoms with Gasteiger partial charge < -0.3 is 4.84 Å². The second-order valence-electron chi connectivity index (χ2n) is 1.01. The van der Waals surface area contributed by atoms with Crippen LogP contribution in [0.25, 0.3) is 0 Å². The lowest BCUT2D eigenvalue weighted by Crippen LogP contribution is -2.25. The Morgan fingerprint density at radius 2 is 2.71 bits per heavy atom. The molecule has 0 saturated carbocycles. The number of rotatable bonds is 1. The van der Waals surface area contributed by atoms with E-state index in [1.807, 2.05) is 0 Å². The highest BCUT2D eigenvalue weighted by Crippen LogP contribution is 1.87. The minimum atomic E-state index is 0.601. The second-order valence-corrected chi connectivity index (χ2v) is 1.01. The molecule has 0 aromatic carbocycles. The van der Waals surface area contributed by atoms with Crippen LogP contribution in [0.3, 0.4) is 0 Å². The van der Waals surface area contributed by atoms with Gasteiger partial charge in [-0.15, -0.1) is 0 Å². The zero-order valence-corrected chi connectivity index (χ0v) is 3.50. The van der Waals surface area contributed by atoms with Crippen LogP contribution in [0.5, 0.6) is 0 Å². The van der Waals surface area contributed by atoms with Crippen LogP contribution in [0.4, 0.5) is 0 Å². The summed E-state index contributed by atoms with van der Waals surface area (Å²) in [6, 6.07) is 0. The minimum absolute atomic E-state index is 0.601. The van der Waals surface area contributed by atoms with Gasteiger partial charge in [-0.1, -0.05) is 5.59 Å². The van der Waals surface area contributed by atoms with Crippen molar-refractivity contribution in [1.82, 2.24) is 10.6 Å². The molecule has 0 spiro atoms. The number of hydrogen-bond donors (Lipinski definition) is 1. The molecule has 4 nitrogen and oxygen atoms in total. The van der Waals surface area contributed by atoms with Crippen LogP contribution >= 0.6 is 0 Å². The first-order chi connectivity index (χ1) is 3.43. The van der Waals surface area contributed by atoms with E-state index >= 15 is 0 Å². The second kappa shape index (κ2) is 1.61. The summed E-state index contributed by atoms with van der Waals surface area (Å²) in [5, 5.41) is 1.15. The van der Waals surface area contributed by atoms with Crippen molar-refractivity contribution >= 4 is 6.41 Å². The molecule has 0 aromatic rings. The Hall–Kier alpha value is -1.03. The molecule has 1 heterocycles. The average Bonchev–Trinajstić information content (AvgIpc) is 2.14. The lowest BCUT2D eigenvalue weighted by molar-refractivity contribution is -0.123. The maximum Gasteiger partial charge on any atom is 0.230 e. The first-order valence-corrected chi connectivity index (χ1v) is 1.75. The van der Waals surface area contributed by atoms with Gasteiger partial charge in [0, 0.05) is 0 Å². The largest absolute Gasteiger partial charge is 0.395 e. The number of nitrogens with zero attached hydrogens (tertiary/aromatic N) is 1. The van der Waals surface area contributed by atoms with Crippen LogP contribution in [0.15, 0.2) is 12.5 Å². The van der Waals surface area contributed by atoms with Crippen LogP contribution in [-0.4, -0.2) is 11.4 Å². The monoisotopic (exact) mass is 100 g/mol. The third kappa shape index (κ3) is 0.690. The van der Waals surface area contributed by atoms with Crippen molar-refractivity contribution in [3.8, 4) is 0 Å². The molecule has 4 heteroatoms. The fraction of sp³-hybridized carbons (Fsp3) is 0. The molecule has 0 unspecified atom stereocenters. The molecular formula is C3H4N2O2. The first-order valence-electron chi connectivity index (χ1n) is 1.75. The summed E-state index contributed by atoms with van der Waals surface area (Å²) in [7, 11) is 0. The summed E-state index contributed by atoms with van der Waals surface area (Å²) in [5.41, 5.74) is 2.26. The van der Waals surface area contributed by atoms with E-state index in [-0.39, 0.29) is 0 Å². The predicted octanol–water partition coefficient (Wildman–Crippen LogP) is -0.634. The highest BCUT2D eigenvalue weighted by molar-refractivity contribution is 5.47. The molecule has 1 aliphatic rings. The van der Waals surface area contributed by atoms with Crippen molar-refractivity contribution in [2.75, 3.05) is 0 Å². The maximum atomic E-state index is 9.74. The SMILES string of the molecule is O=CN1C=CON1. The fourth-order valence-electron chi connectivity index (χ4n) is 0.274. The molecule has 0 radical (unpaired) electrons. The van der Waals surface area contributed by atoms with E-state index in [0.717, 1.165) is 5.01 Å². The summed E-state index contributed by atoms with van der Waals surface area (Å²) in [6.45, 7) is 0. The minimum Gasteiger partial charge on any atom is -0.395 e. The van der Waals surface area contributed by atoms with E-state index in [2.05, 4.69) is 10.4 Å². The van der Waals surface area contributed by atoms with Gasteiger partial charge in [0.25, 0.3) is 0 Å². The Morgan fingerprint density at radius 3 is 3.00 bits per heavy atom. The Balaban J connectivity index is 2.42. The first kappa shape index (κ1) is 4.14. The van der Waals surface area contributed by atoms with Gasteiger partial charge >= 0.3 is 0 Å². The fourth-order valence-corrected chi connectivity index (χ4v) is 0.274. The normalized spacial score (nSPS) is 16.9. The van der Waals surface area contributed by atoms with Crippen LogP contribution in [-0.2, 0) is 9.63 Å². The molecule has 0 fully saturated rings. The predicted molar refractivity (Wildman–Crippen MR) is 21.3 cm³/mol. The van der Waals surface area contributed by atoms with Gasteiger partial charge in [-0.3, -0.25) is 4.79 Å². The quantitative estimate of drug-likeness (QED) is 0.446. The van der Waals surface area contributed by atoms with Crippen molar-refractivity contribution in [2.45, 2.75) is 0 Å². The van der Waals surface area contributed by atoms with Crippen LogP contribution < -0.4 is 5.59 Å². The highest BCUT2D eigenvalue weighted by Gasteiger charge is 1.97. The molecule has 7 heavy (non-hydrogen) atoms. The van der Waals surface area contributed by atoms with Gasteiger partial charge in [0.15, 0.2) is 0 Å². The summed E-state index contributed by atoms with van der Waals surface area (Å²) >= 11 is 0. The molecule has 0 atom stereocenters. The summed E-state index contributed by atoms with van der Waals surface area (Å²) in [4.78, 5) is 14.2. The highest BCUT2D eigenvalue weighted by atomic mass is 16.7. The zero-order valence-electron chi connectivity index (χ0n) is 3.50. The van der Waals surface area contributed by atoms with E-state index in [9.17, 15) is 4.79 Å². The van der Waals surface area contributed by atoms with Gasteiger partial charge in [-0.25, -0.2) is 5.01 Å². The van der Waals surface area contributed by atoms with E-state index in [1.165, 1.54) is 12.5 Å². The van der Waals surface area contributed by atoms with Gasteiger partial charge in [-0.2, -0.15) is 0 Å². The van der Waals surface area contributed by atoms with Crippen LogP contribution in [0.1, 0.15) is 0 Å². The number of carbonyl (C=O) groups excluding carboxylic acids is 1. The Bertz CT molecular complexity index is 101. The van der Waals surface area contributed by atoms with Crippen molar-refractivity contribution in [3.63, 3.8) is 0 Å². The third-order valence-corrected chi connectivity index (χ3v) is 0.561. The number of hydrogen-bond acceptors (Lipinski definition) is 3. The molecular weight excluding hydrogens is 96.0 g/mol. The van der Waals surface area contributed by atoms with E-state index < -0.39 is 0 Å². The van der Waals surface area contributed by atoms with Gasteiger partial charge in [0.05, 0.1) is 6.20 Å². The Kier molecular flexibility index (Phi) is 0.953. The Labute approximate surface area is 40.3 Å². The third-order valence-electron chi connectivity index (χ3n) is 0.561. The van der Waals surface area contributed by atoms with E-state index in [0.29, 0.717) is 6.41 Å². The maximum absolute atomic E-state index is 9.74. The van der Waals surface area contributed by atoms with Gasteiger partial charge in [0.2, 0.25) is 6.41 Å². The van der Waals surface area contributed by atoms with Crippen molar-refractivity contribution in [1.29, 1.82) is 0 Å². The van der Waals surface area contributed by atoms with Crippen molar-refractivity contribution < 1.29 is 9.63 Å². The lowest BCUT2D eigenvalue weighted by Gasteiger charge is -2.00. The van der Waals surface area contributed by atoms with Crippen LogP contribution in [0, 0.1) is 0 Å². The van der Waals surface area contributed by atoms with Gasteiger partial charge in [0.1, 0.15) is 6.26 Å². The molecule has 1 aliphatic heterocycles. The smallest absolute Gasteiger partial charge is 0.230 e. The number of hydrazine groups is 1. The number of nitrogens with one attached hydrogen (secondary N) is 1. The summed E-state index contributed by atoms with van der Waals surface area (Å²) in [6.07, 6.45) is 3.44. The molecule has 38 valence electrons. The topological polar surface area (TPSA) is 41.6 Å². The van der Waals surface area contributed by atoms with Crippen molar-refractivity contribution in [2.24, 2.45) is 0 Å². The molecule has 1 amide bonds. The average molecular weight is 100 g/mol. The summed E-state index contributed by atoms with van der Waals surface area (Å²) < 4.78 is 0. The number of amides is 1. The zero-order chi connectivity index (χ0) is 5.11. The van der Waals surface area contributed by atoms with E-state index in [1.54, 1.807) is 0 Å². The molecule has 1 rings (SSSR count).